The van der Waals surface area contributed by atoms with Crippen LogP contribution in [0, 0.1) is 0 Å². The molecule has 0 aliphatic carbocycles. The van der Waals surface area contributed by atoms with Gasteiger partial charge in [-0.15, -0.1) is 11.8 Å². The van der Waals surface area contributed by atoms with Gasteiger partial charge in [-0.05, 0) is 37.0 Å². The summed E-state index contributed by atoms with van der Waals surface area (Å²) in [7, 11) is 0. The molecule has 1 fully saturated rings. The van der Waals surface area contributed by atoms with E-state index in [0.717, 1.165) is 53.5 Å². The number of amides is 1. The zero-order valence-corrected chi connectivity index (χ0v) is 11.6. The largest absolute Gasteiger partial charge is 0.398 e. The molecule has 2 aliphatic heterocycles. The lowest BCUT2D eigenvalue weighted by molar-refractivity contribution is -0.116. The van der Waals surface area contributed by atoms with Crippen molar-refractivity contribution in [1.82, 2.24) is 0 Å². The monoisotopic (exact) mass is 278 g/mol. The van der Waals surface area contributed by atoms with Crippen LogP contribution in [-0.4, -0.2) is 24.4 Å². The molecular weight excluding hydrogens is 260 g/mol. The van der Waals surface area contributed by atoms with Crippen molar-refractivity contribution in [2.45, 2.75) is 36.7 Å². The molecule has 0 saturated carbocycles. The molecule has 4 nitrogen and oxygen atoms in total. The van der Waals surface area contributed by atoms with Gasteiger partial charge < -0.3 is 15.8 Å². The van der Waals surface area contributed by atoms with Crippen molar-refractivity contribution in [2.75, 3.05) is 23.4 Å². The fourth-order valence-electron chi connectivity index (χ4n) is 2.51. The lowest BCUT2D eigenvalue weighted by Crippen LogP contribution is -2.19. The highest BCUT2D eigenvalue weighted by Gasteiger charge is 2.19. The van der Waals surface area contributed by atoms with E-state index in [1.807, 2.05) is 12.1 Å². The predicted molar refractivity (Wildman–Crippen MR) is 77.5 cm³/mol. The van der Waals surface area contributed by atoms with Crippen LogP contribution in [0.2, 0.25) is 0 Å². The van der Waals surface area contributed by atoms with E-state index >= 15 is 0 Å². The van der Waals surface area contributed by atoms with Crippen LogP contribution in [0.25, 0.3) is 0 Å². The molecule has 19 heavy (non-hydrogen) atoms. The first-order chi connectivity index (χ1) is 9.22. The van der Waals surface area contributed by atoms with Gasteiger partial charge in [-0.25, -0.2) is 0 Å². The van der Waals surface area contributed by atoms with Gasteiger partial charge >= 0.3 is 0 Å². The van der Waals surface area contributed by atoms with E-state index in [4.69, 9.17) is 10.5 Å². The van der Waals surface area contributed by atoms with Crippen LogP contribution in [-0.2, 0) is 16.0 Å². The Kier molecular flexibility index (Phi) is 3.66. The minimum absolute atomic E-state index is 0.0901. The van der Waals surface area contributed by atoms with Crippen molar-refractivity contribution < 1.29 is 9.53 Å². The number of ether oxygens (including phenoxy) is 1. The van der Waals surface area contributed by atoms with E-state index in [9.17, 15) is 4.79 Å². The molecule has 3 rings (SSSR count). The minimum Gasteiger partial charge on any atom is -0.398 e. The second kappa shape index (κ2) is 5.43. The maximum absolute atomic E-state index is 11.4. The molecule has 1 aromatic carbocycles. The van der Waals surface area contributed by atoms with Gasteiger partial charge in [-0.3, -0.25) is 4.79 Å². The van der Waals surface area contributed by atoms with Crippen molar-refractivity contribution in [2.24, 2.45) is 0 Å². The van der Waals surface area contributed by atoms with Crippen LogP contribution in [0.15, 0.2) is 17.0 Å². The smallest absolute Gasteiger partial charge is 0.224 e. The summed E-state index contributed by atoms with van der Waals surface area (Å²) in [4.78, 5) is 12.5. The van der Waals surface area contributed by atoms with Crippen LogP contribution >= 0.6 is 11.8 Å². The van der Waals surface area contributed by atoms with Gasteiger partial charge in [0.15, 0.2) is 0 Å². The number of nitrogens with one attached hydrogen (secondary N) is 1. The van der Waals surface area contributed by atoms with Gasteiger partial charge in [0.1, 0.15) is 0 Å². The highest BCUT2D eigenvalue weighted by atomic mass is 32.2. The summed E-state index contributed by atoms with van der Waals surface area (Å²) >= 11 is 1.72. The molecular formula is C14H18N2O2S. The molecule has 1 atom stereocenters. The average Bonchev–Trinajstić information content (AvgIpc) is 2.90. The first-order valence-corrected chi connectivity index (χ1v) is 7.67. The molecule has 0 aromatic heterocycles. The summed E-state index contributed by atoms with van der Waals surface area (Å²) in [5.74, 6) is 1.02. The molecule has 3 N–H and O–H groups in total. The quantitative estimate of drug-likeness (QED) is 0.658. The minimum atomic E-state index is 0.0901. The first kappa shape index (κ1) is 12.8. The number of nitrogen functional groups attached to an aromatic ring is 1. The van der Waals surface area contributed by atoms with Crippen molar-refractivity contribution in [1.29, 1.82) is 0 Å². The molecule has 1 amide bonds. The lowest BCUT2D eigenvalue weighted by atomic mass is 10.0. The topological polar surface area (TPSA) is 64.3 Å². The number of rotatable bonds is 3. The van der Waals surface area contributed by atoms with Crippen LogP contribution in [0.1, 0.15) is 24.8 Å². The number of carbonyl (C=O) groups excluding carboxylic acids is 1. The number of anilines is 2. The van der Waals surface area contributed by atoms with E-state index in [1.165, 1.54) is 0 Å². The standard InChI is InChI=1S/C14H18N2O2S/c15-11-6-9-3-4-14(17)16-12(9)7-13(11)19-8-10-2-1-5-18-10/h6-7,10H,1-5,8,15H2,(H,16,17). The summed E-state index contributed by atoms with van der Waals surface area (Å²) in [6.07, 6.45) is 3.96. The third-order valence-corrected chi connectivity index (χ3v) is 4.78. The molecule has 0 radical (unpaired) electrons. The molecule has 2 aliphatic rings. The molecule has 1 aromatic rings. The highest BCUT2D eigenvalue weighted by molar-refractivity contribution is 7.99. The van der Waals surface area contributed by atoms with E-state index in [0.29, 0.717) is 12.5 Å². The van der Waals surface area contributed by atoms with E-state index in [1.54, 1.807) is 11.8 Å². The molecule has 1 unspecified atom stereocenters. The Bertz CT molecular complexity index is 498. The Morgan fingerprint density at radius 1 is 1.42 bits per heavy atom. The maximum Gasteiger partial charge on any atom is 0.224 e. The third kappa shape index (κ3) is 2.87. The zero-order chi connectivity index (χ0) is 13.2. The molecule has 5 heteroatoms. The molecule has 0 spiro atoms. The first-order valence-electron chi connectivity index (χ1n) is 6.69. The summed E-state index contributed by atoms with van der Waals surface area (Å²) in [6, 6.07) is 3.99. The fraction of sp³-hybridized carbons (Fsp3) is 0.500. The number of benzene rings is 1. The second-order valence-corrected chi connectivity index (χ2v) is 6.10. The summed E-state index contributed by atoms with van der Waals surface area (Å²) < 4.78 is 5.61. The number of thioether (sulfide) groups is 1. The number of carbonyl (C=O) groups is 1. The van der Waals surface area contributed by atoms with E-state index in [-0.39, 0.29) is 5.91 Å². The van der Waals surface area contributed by atoms with Gasteiger partial charge in [0.25, 0.3) is 0 Å². The normalized spacial score (nSPS) is 22.1. The van der Waals surface area contributed by atoms with E-state index < -0.39 is 0 Å². The molecule has 1 saturated heterocycles. The Morgan fingerprint density at radius 2 is 2.32 bits per heavy atom. The Balaban J connectivity index is 1.73. The van der Waals surface area contributed by atoms with Gasteiger partial charge in [0, 0.05) is 35.1 Å². The number of nitrogens with two attached hydrogens (primary N) is 1. The summed E-state index contributed by atoms with van der Waals surface area (Å²) in [6.45, 7) is 0.876. The number of fused-ring (bicyclic) bond motifs is 1. The van der Waals surface area contributed by atoms with Gasteiger partial charge in [-0.1, -0.05) is 0 Å². The van der Waals surface area contributed by atoms with Crippen LogP contribution in [0.4, 0.5) is 11.4 Å². The van der Waals surface area contributed by atoms with Gasteiger partial charge in [-0.2, -0.15) is 0 Å². The van der Waals surface area contributed by atoms with Crippen LogP contribution in [0.5, 0.6) is 0 Å². The Labute approximate surface area is 117 Å². The van der Waals surface area contributed by atoms with Crippen LogP contribution in [0.3, 0.4) is 0 Å². The zero-order valence-electron chi connectivity index (χ0n) is 10.8. The Morgan fingerprint density at radius 3 is 3.11 bits per heavy atom. The van der Waals surface area contributed by atoms with E-state index in [2.05, 4.69) is 5.32 Å². The van der Waals surface area contributed by atoms with Gasteiger partial charge in [0.2, 0.25) is 5.91 Å². The van der Waals surface area contributed by atoms with Crippen molar-refractivity contribution in [3.05, 3.63) is 17.7 Å². The second-order valence-electron chi connectivity index (χ2n) is 5.04. The highest BCUT2D eigenvalue weighted by Crippen LogP contribution is 2.34. The third-order valence-electron chi connectivity index (χ3n) is 3.58. The Hall–Kier alpha value is -1.20. The predicted octanol–water partition coefficient (Wildman–Crippen LogP) is 2.42. The molecule has 102 valence electrons. The van der Waals surface area contributed by atoms with Crippen molar-refractivity contribution in [3.63, 3.8) is 0 Å². The molecule has 2 heterocycles. The number of hydrogen-bond acceptors (Lipinski definition) is 4. The summed E-state index contributed by atoms with van der Waals surface area (Å²) in [5.41, 5.74) is 8.95. The SMILES string of the molecule is Nc1cc2c(cc1SCC1CCCO1)NC(=O)CC2. The number of aryl methyl sites for hydroxylation is 1. The summed E-state index contributed by atoms with van der Waals surface area (Å²) in [5, 5.41) is 2.92. The average molecular weight is 278 g/mol. The van der Waals surface area contributed by atoms with Crippen molar-refractivity contribution in [3.8, 4) is 0 Å². The fourth-order valence-corrected chi connectivity index (χ4v) is 3.57. The lowest BCUT2D eigenvalue weighted by Gasteiger charge is -2.19. The van der Waals surface area contributed by atoms with Crippen molar-refractivity contribution >= 4 is 29.0 Å². The maximum atomic E-state index is 11.4. The van der Waals surface area contributed by atoms with Crippen LogP contribution < -0.4 is 11.1 Å². The number of hydrogen-bond donors (Lipinski definition) is 2. The van der Waals surface area contributed by atoms with Gasteiger partial charge in [0.05, 0.1) is 6.10 Å². The molecule has 0 bridgehead atoms.